The standard InChI is InChI=1S/C24H20ClNO6/c1-30-22-11-15(13-26-18-7-8-20(25)19(12-18)24(29)31-2)6-9-21(22)32-14-16-4-3-5-17(10-16)23(27)28/h3-13H,14H2,1-2H3,(H,27,28). The molecule has 0 saturated heterocycles. The Hall–Kier alpha value is -3.84. The zero-order valence-electron chi connectivity index (χ0n) is 17.4. The van der Waals surface area contributed by atoms with Crippen LogP contribution in [0.5, 0.6) is 11.5 Å². The number of carbonyl (C=O) groups excluding carboxylic acids is 1. The summed E-state index contributed by atoms with van der Waals surface area (Å²) in [5.41, 5.74) is 2.44. The number of carbonyl (C=O) groups is 2. The van der Waals surface area contributed by atoms with E-state index in [1.54, 1.807) is 60.8 Å². The van der Waals surface area contributed by atoms with Crippen LogP contribution in [-0.4, -0.2) is 37.5 Å². The number of aromatic carboxylic acids is 1. The minimum Gasteiger partial charge on any atom is -0.493 e. The molecule has 0 saturated carbocycles. The van der Waals surface area contributed by atoms with Gasteiger partial charge in [0.2, 0.25) is 0 Å². The van der Waals surface area contributed by atoms with Crippen molar-refractivity contribution in [1.29, 1.82) is 0 Å². The summed E-state index contributed by atoms with van der Waals surface area (Å²) in [6, 6.07) is 16.6. The van der Waals surface area contributed by atoms with Crippen molar-refractivity contribution in [3.05, 3.63) is 87.9 Å². The summed E-state index contributed by atoms with van der Waals surface area (Å²) >= 11 is 6.03. The summed E-state index contributed by atoms with van der Waals surface area (Å²) in [6.45, 7) is 0.187. The molecular formula is C24H20ClNO6. The molecule has 32 heavy (non-hydrogen) atoms. The Bertz CT molecular complexity index is 1170. The minimum atomic E-state index is -0.993. The van der Waals surface area contributed by atoms with Gasteiger partial charge in [-0.25, -0.2) is 9.59 Å². The van der Waals surface area contributed by atoms with Crippen molar-refractivity contribution in [3.8, 4) is 11.5 Å². The lowest BCUT2D eigenvalue weighted by Gasteiger charge is -2.11. The number of ether oxygens (including phenoxy) is 3. The van der Waals surface area contributed by atoms with Crippen molar-refractivity contribution in [3.63, 3.8) is 0 Å². The van der Waals surface area contributed by atoms with E-state index >= 15 is 0 Å². The minimum absolute atomic E-state index is 0.187. The third-order valence-electron chi connectivity index (χ3n) is 4.47. The highest BCUT2D eigenvalue weighted by atomic mass is 35.5. The van der Waals surface area contributed by atoms with Crippen molar-refractivity contribution in [2.45, 2.75) is 6.61 Å². The molecule has 0 unspecified atom stereocenters. The van der Waals surface area contributed by atoms with Gasteiger partial charge in [0.1, 0.15) is 6.61 Å². The van der Waals surface area contributed by atoms with Gasteiger partial charge in [0, 0.05) is 6.21 Å². The second-order valence-corrected chi connectivity index (χ2v) is 7.03. The number of aliphatic imine (C=N–C) groups is 1. The van der Waals surface area contributed by atoms with E-state index in [1.165, 1.54) is 20.3 Å². The SMILES string of the molecule is COC(=O)c1cc(N=Cc2ccc(OCc3cccc(C(=O)O)c3)c(OC)c2)ccc1Cl. The number of hydrogen-bond acceptors (Lipinski definition) is 6. The number of methoxy groups -OCH3 is 2. The molecule has 164 valence electrons. The van der Waals surface area contributed by atoms with Gasteiger partial charge in [-0.05, 0) is 59.7 Å². The van der Waals surface area contributed by atoms with Crippen molar-refractivity contribution in [2.24, 2.45) is 4.99 Å². The second kappa shape index (κ2) is 10.5. The number of hydrogen-bond donors (Lipinski definition) is 1. The zero-order chi connectivity index (χ0) is 23.1. The van der Waals surface area contributed by atoms with Crippen LogP contribution in [0.3, 0.4) is 0 Å². The number of esters is 1. The first-order chi connectivity index (χ1) is 15.4. The lowest BCUT2D eigenvalue weighted by Crippen LogP contribution is -2.01. The molecule has 3 aromatic carbocycles. The van der Waals surface area contributed by atoms with Gasteiger partial charge < -0.3 is 19.3 Å². The maximum absolute atomic E-state index is 11.8. The number of carboxylic acid groups (broad SMARTS) is 1. The summed E-state index contributed by atoms with van der Waals surface area (Å²) in [4.78, 5) is 27.3. The molecule has 0 spiro atoms. The molecule has 3 aromatic rings. The number of nitrogens with zero attached hydrogens (tertiary/aromatic N) is 1. The molecule has 0 heterocycles. The molecule has 0 bridgehead atoms. The first-order valence-corrected chi connectivity index (χ1v) is 9.84. The average Bonchev–Trinajstić information content (AvgIpc) is 2.82. The quantitative estimate of drug-likeness (QED) is 0.374. The van der Waals surface area contributed by atoms with Crippen LogP contribution < -0.4 is 9.47 Å². The van der Waals surface area contributed by atoms with Gasteiger partial charge in [-0.15, -0.1) is 0 Å². The average molecular weight is 454 g/mol. The number of carboxylic acids is 1. The van der Waals surface area contributed by atoms with E-state index in [0.717, 1.165) is 11.1 Å². The van der Waals surface area contributed by atoms with Crippen LogP contribution >= 0.6 is 11.6 Å². The Morgan fingerprint density at radius 3 is 2.56 bits per heavy atom. The van der Waals surface area contributed by atoms with Gasteiger partial charge in [0.15, 0.2) is 11.5 Å². The number of benzene rings is 3. The van der Waals surface area contributed by atoms with Crippen molar-refractivity contribution in [1.82, 2.24) is 0 Å². The molecule has 1 N–H and O–H groups in total. The van der Waals surface area contributed by atoms with Crippen LogP contribution in [0.25, 0.3) is 0 Å². The summed E-state index contributed by atoms with van der Waals surface area (Å²) in [5, 5.41) is 9.39. The lowest BCUT2D eigenvalue weighted by atomic mass is 10.1. The normalized spacial score (nSPS) is 10.7. The largest absolute Gasteiger partial charge is 0.493 e. The van der Waals surface area contributed by atoms with E-state index in [2.05, 4.69) is 4.99 Å². The zero-order valence-corrected chi connectivity index (χ0v) is 18.1. The van der Waals surface area contributed by atoms with Crippen LogP contribution in [0.2, 0.25) is 5.02 Å². The highest BCUT2D eigenvalue weighted by molar-refractivity contribution is 6.33. The summed E-state index contributed by atoms with van der Waals surface area (Å²) in [5.74, 6) is -0.531. The van der Waals surface area contributed by atoms with Gasteiger partial charge in [-0.1, -0.05) is 23.7 Å². The van der Waals surface area contributed by atoms with E-state index in [1.807, 2.05) is 0 Å². The smallest absolute Gasteiger partial charge is 0.339 e. The van der Waals surface area contributed by atoms with Gasteiger partial charge in [0.25, 0.3) is 0 Å². The van der Waals surface area contributed by atoms with Crippen LogP contribution in [0.4, 0.5) is 5.69 Å². The molecule has 0 aliphatic heterocycles. The van der Waals surface area contributed by atoms with Crippen LogP contribution in [0.1, 0.15) is 31.8 Å². The molecule has 0 radical (unpaired) electrons. The van der Waals surface area contributed by atoms with Crippen LogP contribution in [0, 0.1) is 0 Å². The summed E-state index contributed by atoms with van der Waals surface area (Å²) in [7, 11) is 2.81. The molecule has 7 nitrogen and oxygen atoms in total. The van der Waals surface area contributed by atoms with Crippen molar-refractivity contribution < 1.29 is 28.9 Å². The molecule has 0 aliphatic carbocycles. The maximum atomic E-state index is 11.8. The van der Waals surface area contributed by atoms with E-state index in [-0.39, 0.29) is 22.8 Å². The second-order valence-electron chi connectivity index (χ2n) is 6.62. The molecule has 0 aliphatic rings. The topological polar surface area (TPSA) is 94.4 Å². The van der Waals surface area contributed by atoms with Gasteiger partial charge in [-0.3, -0.25) is 4.99 Å². The molecule has 3 rings (SSSR count). The van der Waals surface area contributed by atoms with Crippen molar-refractivity contribution in [2.75, 3.05) is 14.2 Å². The third kappa shape index (κ3) is 5.65. The fourth-order valence-corrected chi connectivity index (χ4v) is 3.04. The fraction of sp³-hybridized carbons (Fsp3) is 0.125. The van der Waals surface area contributed by atoms with Gasteiger partial charge in [0.05, 0.1) is 36.1 Å². The predicted molar refractivity (Wildman–Crippen MR) is 121 cm³/mol. The molecule has 0 fully saturated rings. The number of halogens is 1. The first kappa shape index (κ1) is 22.8. The van der Waals surface area contributed by atoms with Crippen LogP contribution in [0.15, 0.2) is 65.7 Å². The van der Waals surface area contributed by atoms with E-state index in [4.69, 9.17) is 30.9 Å². The predicted octanol–water partition coefficient (Wildman–Crippen LogP) is 5.16. The first-order valence-electron chi connectivity index (χ1n) is 9.46. The van der Waals surface area contributed by atoms with Gasteiger partial charge >= 0.3 is 11.9 Å². The highest BCUT2D eigenvalue weighted by Gasteiger charge is 2.11. The monoisotopic (exact) mass is 453 g/mol. The summed E-state index contributed by atoms with van der Waals surface area (Å²) < 4.78 is 15.9. The lowest BCUT2D eigenvalue weighted by molar-refractivity contribution is 0.0600. The van der Waals surface area contributed by atoms with Gasteiger partial charge in [-0.2, -0.15) is 0 Å². The maximum Gasteiger partial charge on any atom is 0.339 e. The number of rotatable bonds is 8. The van der Waals surface area contributed by atoms with Crippen LogP contribution in [-0.2, 0) is 11.3 Å². The molecular weight excluding hydrogens is 434 g/mol. The molecule has 0 amide bonds. The van der Waals surface area contributed by atoms with Crippen molar-refractivity contribution >= 4 is 35.4 Å². The Morgan fingerprint density at radius 2 is 1.84 bits per heavy atom. The Kier molecular flexibility index (Phi) is 7.46. The van der Waals surface area contributed by atoms with E-state index in [0.29, 0.717) is 17.2 Å². The Labute approximate surface area is 189 Å². The molecule has 8 heteroatoms. The highest BCUT2D eigenvalue weighted by Crippen LogP contribution is 2.29. The summed E-state index contributed by atoms with van der Waals surface area (Å²) in [6.07, 6.45) is 1.62. The third-order valence-corrected chi connectivity index (χ3v) is 4.80. The van der Waals surface area contributed by atoms with E-state index < -0.39 is 11.9 Å². The molecule has 0 atom stereocenters. The Morgan fingerprint density at radius 1 is 1.03 bits per heavy atom. The van der Waals surface area contributed by atoms with E-state index in [9.17, 15) is 9.59 Å². The fourth-order valence-electron chi connectivity index (χ4n) is 2.85. The Balaban J connectivity index is 1.75. The molecule has 0 aromatic heterocycles.